The standard InChI is InChI=1S/C15H17FN4OS/c1-8(21)15-19-11-7-18-10-3-5-22-14(10)13(11)20(15)12-2-4-17-6-9(12)16/h3,5,7-9,12,17,21H,2,4,6H2,1H3. The third kappa shape index (κ3) is 2.04. The van der Waals surface area contributed by atoms with Crippen LogP contribution in [0, 0.1) is 0 Å². The lowest BCUT2D eigenvalue weighted by molar-refractivity contribution is 0.153. The molecule has 1 aliphatic heterocycles. The van der Waals surface area contributed by atoms with Gasteiger partial charge in [0, 0.05) is 6.54 Å². The maximum Gasteiger partial charge on any atom is 0.139 e. The van der Waals surface area contributed by atoms with E-state index >= 15 is 0 Å². The SMILES string of the molecule is CC(O)c1nc2cnc3ccsc3c2n1C1CCNCC1F. The highest BCUT2D eigenvalue weighted by atomic mass is 32.1. The predicted octanol–water partition coefficient (Wildman–Crippen LogP) is 2.57. The summed E-state index contributed by atoms with van der Waals surface area (Å²) >= 11 is 1.58. The van der Waals surface area contributed by atoms with E-state index in [1.165, 1.54) is 0 Å². The molecule has 1 saturated heterocycles. The molecule has 22 heavy (non-hydrogen) atoms. The van der Waals surface area contributed by atoms with Crippen molar-refractivity contribution in [2.24, 2.45) is 0 Å². The van der Waals surface area contributed by atoms with Crippen molar-refractivity contribution in [1.29, 1.82) is 0 Å². The van der Waals surface area contributed by atoms with Crippen LogP contribution in [0.15, 0.2) is 17.6 Å². The van der Waals surface area contributed by atoms with Crippen LogP contribution in [0.3, 0.4) is 0 Å². The quantitative estimate of drug-likeness (QED) is 0.762. The number of hydrogen-bond acceptors (Lipinski definition) is 5. The Labute approximate surface area is 130 Å². The van der Waals surface area contributed by atoms with Crippen LogP contribution in [0.5, 0.6) is 0 Å². The zero-order valence-corrected chi connectivity index (χ0v) is 13.0. The highest BCUT2D eigenvalue weighted by Crippen LogP contribution is 2.35. The van der Waals surface area contributed by atoms with Crippen LogP contribution in [0.1, 0.15) is 31.3 Å². The number of thiophene rings is 1. The van der Waals surface area contributed by atoms with E-state index in [1.54, 1.807) is 24.5 Å². The second-order valence-electron chi connectivity index (χ2n) is 5.72. The molecular formula is C15H17FN4OS. The molecule has 0 aliphatic carbocycles. The summed E-state index contributed by atoms with van der Waals surface area (Å²) in [6.45, 7) is 2.77. The van der Waals surface area contributed by atoms with Gasteiger partial charge in [0.15, 0.2) is 0 Å². The number of alkyl halides is 1. The highest BCUT2D eigenvalue weighted by Gasteiger charge is 2.31. The minimum atomic E-state index is -0.994. The third-order valence-corrected chi connectivity index (χ3v) is 5.14. The summed E-state index contributed by atoms with van der Waals surface area (Å²) in [5, 5.41) is 15.2. The van der Waals surface area contributed by atoms with Crippen molar-refractivity contribution in [2.75, 3.05) is 13.1 Å². The molecule has 0 radical (unpaired) electrons. The van der Waals surface area contributed by atoms with Crippen LogP contribution < -0.4 is 5.32 Å². The molecule has 0 bridgehead atoms. The summed E-state index contributed by atoms with van der Waals surface area (Å²) in [6.07, 6.45) is 0.652. The van der Waals surface area contributed by atoms with E-state index in [0.29, 0.717) is 18.8 Å². The predicted molar refractivity (Wildman–Crippen MR) is 85.0 cm³/mol. The Bertz CT molecular complexity index is 828. The molecule has 3 aromatic heterocycles. The lowest BCUT2D eigenvalue weighted by Crippen LogP contribution is -2.39. The minimum absolute atomic E-state index is 0.302. The lowest BCUT2D eigenvalue weighted by atomic mass is 10.0. The van der Waals surface area contributed by atoms with Crippen molar-refractivity contribution in [3.8, 4) is 0 Å². The van der Waals surface area contributed by atoms with Gasteiger partial charge in [-0.2, -0.15) is 0 Å². The molecule has 0 spiro atoms. The monoisotopic (exact) mass is 320 g/mol. The summed E-state index contributed by atoms with van der Waals surface area (Å²) in [7, 11) is 0. The van der Waals surface area contributed by atoms with Gasteiger partial charge >= 0.3 is 0 Å². The molecule has 116 valence electrons. The first kappa shape index (κ1) is 14.0. The van der Waals surface area contributed by atoms with Gasteiger partial charge in [-0.1, -0.05) is 0 Å². The molecule has 1 aliphatic rings. The number of nitrogens with one attached hydrogen (secondary N) is 1. The van der Waals surface area contributed by atoms with Crippen LogP contribution in [-0.4, -0.2) is 38.9 Å². The molecule has 5 nitrogen and oxygen atoms in total. The van der Waals surface area contributed by atoms with Gasteiger partial charge in [-0.15, -0.1) is 11.3 Å². The van der Waals surface area contributed by atoms with Gasteiger partial charge in [0.1, 0.15) is 23.6 Å². The van der Waals surface area contributed by atoms with Crippen molar-refractivity contribution in [1.82, 2.24) is 19.9 Å². The van der Waals surface area contributed by atoms with Crippen molar-refractivity contribution in [3.05, 3.63) is 23.5 Å². The van der Waals surface area contributed by atoms with Crippen LogP contribution in [0.25, 0.3) is 21.3 Å². The molecule has 7 heteroatoms. The molecular weight excluding hydrogens is 303 g/mol. The summed E-state index contributed by atoms with van der Waals surface area (Å²) < 4.78 is 17.4. The number of aliphatic hydroxyl groups excluding tert-OH is 1. The van der Waals surface area contributed by atoms with Crippen LogP contribution in [-0.2, 0) is 0 Å². The van der Waals surface area contributed by atoms with Gasteiger partial charge in [-0.25, -0.2) is 9.37 Å². The number of imidazole rings is 1. The van der Waals surface area contributed by atoms with Crippen LogP contribution in [0.2, 0.25) is 0 Å². The molecule has 0 aromatic carbocycles. The van der Waals surface area contributed by atoms with E-state index in [1.807, 2.05) is 16.0 Å². The number of aromatic nitrogens is 3. The minimum Gasteiger partial charge on any atom is -0.385 e. The fourth-order valence-corrected chi connectivity index (χ4v) is 4.11. The van der Waals surface area contributed by atoms with Crippen LogP contribution >= 0.6 is 11.3 Å². The smallest absolute Gasteiger partial charge is 0.139 e. The Morgan fingerprint density at radius 2 is 2.36 bits per heavy atom. The largest absolute Gasteiger partial charge is 0.385 e. The molecule has 3 atom stereocenters. The van der Waals surface area contributed by atoms with E-state index in [9.17, 15) is 9.50 Å². The fourth-order valence-electron chi connectivity index (χ4n) is 3.22. The van der Waals surface area contributed by atoms with Gasteiger partial charge in [0.25, 0.3) is 0 Å². The number of halogens is 1. The number of hydrogen-bond donors (Lipinski definition) is 2. The Balaban J connectivity index is 2.03. The van der Waals surface area contributed by atoms with Gasteiger partial charge in [-0.05, 0) is 31.3 Å². The first-order valence-electron chi connectivity index (χ1n) is 7.43. The number of aliphatic hydroxyl groups is 1. The molecule has 0 amide bonds. The summed E-state index contributed by atoms with van der Waals surface area (Å²) in [5.74, 6) is 0.521. The van der Waals surface area contributed by atoms with Gasteiger partial charge < -0.3 is 15.0 Å². The van der Waals surface area contributed by atoms with Crippen molar-refractivity contribution in [3.63, 3.8) is 0 Å². The Morgan fingerprint density at radius 3 is 3.14 bits per heavy atom. The van der Waals surface area contributed by atoms with Gasteiger partial charge in [0.2, 0.25) is 0 Å². The first-order chi connectivity index (χ1) is 10.7. The maximum atomic E-state index is 14.5. The maximum absolute atomic E-state index is 14.5. The highest BCUT2D eigenvalue weighted by molar-refractivity contribution is 7.18. The lowest BCUT2D eigenvalue weighted by Gasteiger charge is -2.30. The number of rotatable bonds is 2. The van der Waals surface area contributed by atoms with Crippen molar-refractivity contribution >= 4 is 32.6 Å². The summed E-state index contributed by atoms with van der Waals surface area (Å²) in [4.78, 5) is 8.92. The molecule has 3 aromatic rings. The molecule has 4 rings (SSSR count). The number of piperidine rings is 1. The number of fused-ring (bicyclic) bond motifs is 3. The molecule has 2 N–H and O–H groups in total. The third-order valence-electron chi connectivity index (χ3n) is 4.23. The summed E-state index contributed by atoms with van der Waals surface area (Å²) in [6, 6.07) is 1.65. The summed E-state index contributed by atoms with van der Waals surface area (Å²) in [5.41, 5.74) is 2.50. The zero-order valence-electron chi connectivity index (χ0n) is 12.2. The van der Waals surface area contributed by atoms with E-state index in [-0.39, 0.29) is 6.04 Å². The topological polar surface area (TPSA) is 63.0 Å². The normalized spacial score (nSPS) is 24.1. The van der Waals surface area contributed by atoms with Crippen LogP contribution in [0.4, 0.5) is 4.39 Å². The molecule has 1 fully saturated rings. The van der Waals surface area contributed by atoms with E-state index in [2.05, 4.69) is 15.3 Å². The van der Waals surface area contributed by atoms with Gasteiger partial charge in [0.05, 0.1) is 28.0 Å². The average molecular weight is 320 g/mol. The Morgan fingerprint density at radius 1 is 1.50 bits per heavy atom. The van der Waals surface area contributed by atoms with Gasteiger partial charge in [-0.3, -0.25) is 4.98 Å². The second-order valence-corrected chi connectivity index (χ2v) is 6.64. The Hall–Kier alpha value is -1.57. The number of pyridine rings is 1. The van der Waals surface area contributed by atoms with Crippen molar-refractivity contribution < 1.29 is 9.50 Å². The number of nitrogens with zero attached hydrogens (tertiary/aromatic N) is 3. The molecule has 3 unspecified atom stereocenters. The van der Waals surface area contributed by atoms with E-state index in [4.69, 9.17) is 0 Å². The molecule has 0 saturated carbocycles. The molecule has 4 heterocycles. The first-order valence-corrected chi connectivity index (χ1v) is 8.31. The Kier molecular flexibility index (Phi) is 3.36. The van der Waals surface area contributed by atoms with Crippen molar-refractivity contribution in [2.45, 2.75) is 31.7 Å². The van der Waals surface area contributed by atoms with E-state index in [0.717, 1.165) is 27.8 Å². The second kappa shape index (κ2) is 5.26. The fraction of sp³-hybridized carbons (Fsp3) is 0.467. The zero-order chi connectivity index (χ0) is 15.3. The average Bonchev–Trinajstić information content (AvgIpc) is 3.11. The van der Waals surface area contributed by atoms with E-state index < -0.39 is 12.3 Å².